The van der Waals surface area contributed by atoms with Crippen LogP contribution in [-0.2, 0) is 11.2 Å². The van der Waals surface area contributed by atoms with Crippen LogP contribution < -0.4 is 5.32 Å². The largest absolute Gasteiger partial charge is 0.381 e. The molecule has 1 saturated heterocycles. The quantitative estimate of drug-likeness (QED) is 0.670. The third kappa shape index (κ3) is 5.21. The first-order chi connectivity index (χ1) is 10.2. The minimum Gasteiger partial charge on any atom is -0.381 e. The number of guanidine groups is 1. The molecule has 4 nitrogen and oxygen atoms in total. The summed E-state index contributed by atoms with van der Waals surface area (Å²) in [6.45, 7) is 3.60. The molecular formula is C16H24ClN3O. The van der Waals surface area contributed by atoms with Crippen molar-refractivity contribution in [1.29, 1.82) is 0 Å². The maximum atomic E-state index is 5.89. The number of nitrogens with zero attached hydrogens (tertiary/aromatic N) is 2. The molecule has 1 heterocycles. The van der Waals surface area contributed by atoms with E-state index in [1.54, 1.807) is 0 Å². The summed E-state index contributed by atoms with van der Waals surface area (Å²) in [7, 11) is 3.90. The van der Waals surface area contributed by atoms with Crippen LogP contribution in [0.4, 0.5) is 0 Å². The van der Waals surface area contributed by atoms with Gasteiger partial charge in [0.05, 0.1) is 6.61 Å². The van der Waals surface area contributed by atoms with Gasteiger partial charge in [0, 0.05) is 44.7 Å². The molecule has 0 aliphatic carbocycles. The average molecular weight is 310 g/mol. The molecule has 5 heteroatoms. The molecule has 0 aromatic heterocycles. The molecule has 116 valence electrons. The number of halogens is 1. The zero-order chi connectivity index (χ0) is 15.1. The van der Waals surface area contributed by atoms with Crippen LogP contribution in [0.15, 0.2) is 29.3 Å². The van der Waals surface area contributed by atoms with Crippen molar-refractivity contribution >= 4 is 17.6 Å². The highest BCUT2D eigenvalue weighted by molar-refractivity contribution is 6.30. The van der Waals surface area contributed by atoms with E-state index in [9.17, 15) is 0 Å². The summed E-state index contributed by atoms with van der Waals surface area (Å²) in [5, 5.41) is 4.19. The standard InChI is InChI=1S/C16H24ClN3O/c1-18-16(20(2)11-14-8-10-21-12-14)19-9-7-13-3-5-15(17)6-4-13/h3-6,14H,7-12H2,1-2H3,(H,18,19). The van der Waals surface area contributed by atoms with Gasteiger partial charge in [-0.1, -0.05) is 23.7 Å². The molecule has 0 bridgehead atoms. The van der Waals surface area contributed by atoms with E-state index in [4.69, 9.17) is 16.3 Å². The van der Waals surface area contributed by atoms with E-state index < -0.39 is 0 Å². The zero-order valence-electron chi connectivity index (χ0n) is 12.8. The summed E-state index contributed by atoms with van der Waals surface area (Å²) in [5.41, 5.74) is 1.27. The Kier molecular flexibility index (Phi) is 6.33. The third-order valence-electron chi connectivity index (χ3n) is 3.74. The number of hydrogen-bond donors (Lipinski definition) is 1. The molecule has 0 spiro atoms. The van der Waals surface area contributed by atoms with Crippen LogP contribution in [0.5, 0.6) is 0 Å². The van der Waals surface area contributed by atoms with Gasteiger partial charge in [0.1, 0.15) is 0 Å². The van der Waals surface area contributed by atoms with Crippen molar-refractivity contribution in [3.8, 4) is 0 Å². The van der Waals surface area contributed by atoms with Gasteiger partial charge in [-0.2, -0.15) is 0 Å². The number of aliphatic imine (C=N–C) groups is 1. The SMILES string of the molecule is CN=C(NCCc1ccc(Cl)cc1)N(C)CC1CCOC1. The molecule has 0 radical (unpaired) electrons. The van der Waals surface area contributed by atoms with Gasteiger partial charge in [-0.05, 0) is 30.5 Å². The Morgan fingerprint density at radius 1 is 1.43 bits per heavy atom. The molecule has 21 heavy (non-hydrogen) atoms. The van der Waals surface area contributed by atoms with Gasteiger partial charge >= 0.3 is 0 Å². The van der Waals surface area contributed by atoms with Crippen molar-refractivity contribution in [2.75, 3.05) is 40.4 Å². The molecule has 1 fully saturated rings. The monoisotopic (exact) mass is 309 g/mol. The van der Waals surface area contributed by atoms with Gasteiger partial charge < -0.3 is 15.0 Å². The second kappa shape index (κ2) is 8.25. The minimum absolute atomic E-state index is 0.616. The van der Waals surface area contributed by atoms with E-state index in [1.807, 2.05) is 19.2 Å². The fraction of sp³-hybridized carbons (Fsp3) is 0.562. The van der Waals surface area contributed by atoms with E-state index in [0.717, 1.165) is 50.1 Å². The fourth-order valence-electron chi connectivity index (χ4n) is 2.56. The van der Waals surface area contributed by atoms with E-state index >= 15 is 0 Å². The summed E-state index contributed by atoms with van der Waals surface area (Å²) in [5.74, 6) is 1.56. The predicted octanol–water partition coefficient (Wildman–Crippen LogP) is 2.43. The Bertz CT molecular complexity index is 455. The highest BCUT2D eigenvalue weighted by atomic mass is 35.5. The lowest BCUT2D eigenvalue weighted by Crippen LogP contribution is -2.42. The lowest BCUT2D eigenvalue weighted by molar-refractivity contribution is 0.181. The fourth-order valence-corrected chi connectivity index (χ4v) is 2.68. The lowest BCUT2D eigenvalue weighted by atomic mass is 10.1. The molecule has 1 aliphatic heterocycles. The highest BCUT2D eigenvalue weighted by Crippen LogP contribution is 2.13. The Morgan fingerprint density at radius 2 is 2.19 bits per heavy atom. The lowest BCUT2D eigenvalue weighted by Gasteiger charge is -2.24. The first-order valence-electron chi connectivity index (χ1n) is 7.43. The van der Waals surface area contributed by atoms with Crippen molar-refractivity contribution in [2.45, 2.75) is 12.8 Å². The first-order valence-corrected chi connectivity index (χ1v) is 7.81. The Labute approximate surface area is 132 Å². The Balaban J connectivity index is 1.75. The summed E-state index contributed by atoms with van der Waals surface area (Å²) in [4.78, 5) is 6.53. The van der Waals surface area contributed by atoms with Crippen molar-refractivity contribution < 1.29 is 4.74 Å². The first kappa shape index (κ1) is 16.1. The molecule has 1 unspecified atom stereocenters. The van der Waals surface area contributed by atoms with Crippen molar-refractivity contribution in [3.63, 3.8) is 0 Å². The maximum Gasteiger partial charge on any atom is 0.193 e. The van der Waals surface area contributed by atoms with Gasteiger partial charge in [0.25, 0.3) is 0 Å². The molecule has 1 aromatic rings. The Hall–Kier alpha value is -1.26. The van der Waals surface area contributed by atoms with Crippen LogP contribution in [0.2, 0.25) is 5.02 Å². The number of hydrogen-bond acceptors (Lipinski definition) is 2. The van der Waals surface area contributed by atoms with Crippen molar-refractivity contribution in [3.05, 3.63) is 34.9 Å². The van der Waals surface area contributed by atoms with Crippen LogP contribution in [0.1, 0.15) is 12.0 Å². The van der Waals surface area contributed by atoms with Crippen LogP contribution in [0.25, 0.3) is 0 Å². The van der Waals surface area contributed by atoms with Crippen LogP contribution in [-0.4, -0.2) is 51.3 Å². The number of nitrogens with one attached hydrogen (secondary N) is 1. The van der Waals surface area contributed by atoms with Gasteiger partial charge in [-0.15, -0.1) is 0 Å². The highest BCUT2D eigenvalue weighted by Gasteiger charge is 2.18. The predicted molar refractivity (Wildman–Crippen MR) is 88.1 cm³/mol. The summed E-state index contributed by atoms with van der Waals surface area (Å²) in [6.07, 6.45) is 2.10. The van der Waals surface area contributed by atoms with Crippen LogP contribution in [0.3, 0.4) is 0 Å². The van der Waals surface area contributed by atoms with Crippen LogP contribution >= 0.6 is 11.6 Å². The zero-order valence-corrected chi connectivity index (χ0v) is 13.6. The van der Waals surface area contributed by atoms with Crippen molar-refractivity contribution in [1.82, 2.24) is 10.2 Å². The van der Waals surface area contributed by atoms with Gasteiger partial charge in [0.2, 0.25) is 0 Å². The van der Waals surface area contributed by atoms with Gasteiger partial charge in [0.15, 0.2) is 5.96 Å². The second-order valence-electron chi connectivity index (χ2n) is 5.46. The Morgan fingerprint density at radius 3 is 2.81 bits per heavy atom. The van der Waals surface area contributed by atoms with Gasteiger partial charge in [-0.25, -0.2) is 0 Å². The van der Waals surface area contributed by atoms with Crippen LogP contribution in [0, 0.1) is 5.92 Å². The van der Waals surface area contributed by atoms with E-state index in [-0.39, 0.29) is 0 Å². The maximum absolute atomic E-state index is 5.89. The van der Waals surface area contributed by atoms with E-state index in [2.05, 4.69) is 34.4 Å². The summed E-state index contributed by atoms with van der Waals surface area (Å²) >= 11 is 5.89. The van der Waals surface area contributed by atoms with E-state index in [0.29, 0.717) is 5.92 Å². The molecule has 0 amide bonds. The minimum atomic E-state index is 0.616. The van der Waals surface area contributed by atoms with Gasteiger partial charge in [-0.3, -0.25) is 4.99 Å². The molecule has 1 aromatic carbocycles. The molecule has 1 aliphatic rings. The number of rotatable bonds is 5. The topological polar surface area (TPSA) is 36.9 Å². The smallest absolute Gasteiger partial charge is 0.193 e. The average Bonchev–Trinajstić information content (AvgIpc) is 2.98. The summed E-state index contributed by atoms with van der Waals surface area (Å²) in [6, 6.07) is 7.98. The number of ether oxygens (including phenoxy) is 1. The molecule has 1 N–H and O–H groups in total. The second-order valence-corrected chi connectivity index (χ2v) is 5.90. The van der Waals surface area contributed by atoms with Crippen molar-refractivity contribution in [2.24, 2.45) is 10.9 Å². The summed E-state index contributed by atoms with van der Waals surface area (Å²) < 4.78 is 5.42. The normalized spacial score (nSPS) is 18.8. The molecular weight excluding hydrogens is 286 g/mol. The number of benzene rings is 1. The molecule has 2 rings (SSSR count). The molecule has 0 saturated carbocycles. The molecule has 1 atom stereocenters. The third-order valence-corrected chi connectivity index (χ3v) is 3.99. The van der Waals surface area contributed by atoms with E-state index in [1.165, 1.54) is 5.56 Å².